The highest BCUT2D eigenvalue weighted by Gasteiger charge is 2.14. The summed E-state index contributed by atoms with van der Waals surface area (Å²) in [4.78, 5) is 21.5. The molecule has 1 aliphatic rings. The van der Waals surface area contributed by atoms with Gasteiger partial charge in [-0.25, -0.2) is 5.01 Å². The second kappa shape index (κ2) is 3.27. The molecule has 1 fully saturated rings. The maximum absolute atomic E-state index is 10.9. The highest BCUT2D eigenvalue weighted by Crippen LogP contribution is 2.01. The monoisotopic (exact) mass is 182 g/mol. The highest BCUT2D eigenvalue weighted by atomic mass is 16.5. The van der Waals surface area contributed by atoms with Crippen LogP contribution in [0.2, 0.25) is 0 Å². The fraction of sp³-hybridized carbons (Fsp3) is 0.500. The molecule has 0 atom stereocenters. The van der Waals surface area contributed by atoms with Gasteiger partial charge in [-0.3, -0.25) is 9.59 Å². The molecule has 70 valence electrons. The summed E-state index contributed by atoms with van der Waals surface area (Å²) in [7, 11) is 0. The van der Waals surface area contributed by atoms with E-state index < -0.39 is 10.9 Å². The fourth-order valence-corrected chi connectivity index (χ4v) is 1.25. The van der Waals surface area contributed by atoms with Crippen LogP contribution < -0.4 is 16.3 Å². The van der Waals surface area contributed by atoms with Gasteiger partial charge < -0.3 is 10.2 Å². The zero-order valence-electron chi connectivity index (χ0n) is 7.08. The Morgan fingerprint density at radius 1 is 1.31 bits per heavy atom. The Bertz CT molecular complexity index is 361. The lowest BCUT2D eigenvalue weighted by atomic mass is 10.3. The molecule has 0 unspecified atom stereocenters. The topological polar surface area (TPSA) is 58.6 Å². The van der Waals surface area contributed by atoms with Crippen LogP contribution in [0.5, 0.6) is 0 Å². The van der Waals surface area contributed by atoms with Gasteiger partial charge in [-0.2, -0.15) is 0 Å². The lowest BCUT2D eigenvalue weighted by molar-refractivity contribution is 0.0496. The van der Waals surface area contributed by atoms with Crippen molar-refractivity contribution < 1.29 is 4.74 Å². The van der Waals surface area contributed by atoms with E-state index in [-0.39, 0.29) is 0 Å². The molecular formula is C8H10N2O3. The van der Waals surface area contributed by atoms with Crippen molar-refractivity contribution in [3.8, 4) is 0 Å². The van der Waals surface area contributed by atoms with Gasteiger partial charge in [-0.1, -0.05) is 0 Å². The number of nitrogens with zero attached hydrogens (tertiary/aromatic N) is 1. The van der Waals surface area contributed by atoms with Gasteiger partial charge in [0.25, 0.3) is 0 Å². The summed E-state index contributed by atoms with van der Waals surface area (Å²) in [5.41, 5.74) is 2.43. The largest absolute Gasteiger partial charge is 0.379 e. The average Bonchev–Trinajstić information content (AvgIpc) is 2.19. The number of hydrazine groups is 1. The Hall–Kier alpha value is -1.20. The van der Waals surface area contributed by atoms with E-state index in [0.29, 0.717) is 18.9 Å². The molecule has 5 heteroatoms. The zero-order valence-corrected chi connectivity index (χ0v) is 7.08. The van der Waals surface area contributed by atoms with E-state index in [0.717, 1.165) is 13.1 Å². The first kappa shape index (κ1) is 8.40. The average molecular weight is 182 g/mol. The van der Waals surface area contributed by atoms with Crippen molar-refractivity contribution in [2.75, 3.05) is 31.7 Å². The second-order valence-electron chi connectivity index (χ2n) is 2.96. The van der Waals surface area contributed by atoms with Crippen LogP contribution in [0.15, 0.2) is 15.7 Å². The number of morpholine rings is 1. The molecule has 1 aromatic rings. The van der Waals surface area contributed by atoms with Crippen LogP contribution in [0.25, 0.3) is 0 Å². The van der Waals surface area contributed by atoms with Crippen molar-refractivity contribution in [3.05, 3.63) is 26.5 Å². The molecule has 0 amide bonds. The molecule has 0 saturated carbocycles. The van der Waals surface area contributed by atoms with Crippen molar-refractivity contribution in [2.24, 2.45) is 0 Å². The molecule has 1 aromatic carbocycles. The van der Waals surface area contributed by atoms with Crippen molar-refractivity contribution in [2.45, 2.75) is 0 Å². The molecule has 0 bridgehead atoms. The molecule has 0 aromatic heterocycles. The third-order valence-electron chi connectivity index (χ3n) is 2.03. The fourth-order valence-electron chi connectivity index (χ4n) is 1.25. The summed E-state index contributed by atoms with van der Waals surface area (Å²) in [6, 6.07) is 1.32. The van der Waals surface area contributed by atoms with E-state index in [1.807, 2.05) is 5.01 Å². The molecule has 2 rings (SSSR count). The SMILES string of the molecule is O=c1cc(NN2CCOCC2)c1=O. The van der Waals surface area contributed by atoms with Crippen molar-refractivity contribution in [1.82, 2.24) is 5.01 Å². The van der Waals surface area contributed by atoms with Gasteiger partial charge in [0, 0.05) is 19.2 Å². The molecule has 1 N–H and O–H groups in total. The Balaban J connectivity index is 1.95. The molecule has 1 aliphatic heterocycles. The van der Waals surface area contributed by atoms with Gasteiger partial charge in [-0.15, -0.1) is 0 Å². The Morgan fingerprint density at radius 2 is 2.00 bits per heavy atom. The maximum atomic E-state index is 10.9. The zero-order chi connectivity index (χ0) is 9.26. The van der Waals surface area contributed by atoms with Gasteiger partial charge in [-0.05, 0) is 0 Å². The van der Waals surface area contributed by atoms with E-state index in [4.69, 9.17) is 4.74 Å². The maximum Gasteiger partial charge on any atom is 0.250 e. The van der Waals surface area contributed by atoms with Crippen molar-refractivity contribution in [1.29, 1.82) is 0 Å². The van der Waals surface area contributed by atoms with Crippen LogP contribution in [0.1, 0.15) is 0 Å². The molecular weight excluding hydrogens is 172 g/mol. The smallest absolute Gasteiger partial charge is 0.250 e. The minimum atomic E-state index is -0.425. The normalized spacial score (nSPS) is 19.1. The van der Waals surface area contributed by atoms with Crippen LogP contribution in [-0.4, -0.2) is 31.3 Å². The molecule has 1 heterocycles. The summed E-state index contributed by atoms with van der Waals surface area (Å²) in [5, 5.41) is 1.87. The predicted octanol–water partition coefficient (Wildman–Crippen LogP) is -1.06. The van der Waals surface area contributed by atoms with E-state index in [9.17, 15) is 9.59 Å². The summed E-state index contributed by atoms with van der Waals surface area (Å²) in [5.74, 6) is 0. The standard InChI is InChI=1S/C8H10N2O3/c11-7-5-6(8(7)12)9-10-1-3-13-4-2-10/h5,9H,1-4H2. The minimum Gasteiger partial charge on any atom is -0.379 e. The number of hydrogen-bond donors (Lipinski definition) is 1. The first-order valence-corrected chi connectivity index (χ1v) is 4.17. The molecule has 0 spiro atoms. The van der Waals surface area contributed by atoms with E-state index >= 15 is 0 Å². The number of ether oxygens (including phenoxy) is 1. The van der Waals surface area contributed by atoms with Crippen molar-refractivity contribution >= 4 is 5.69 Å². The number of nitrogens with one attached hydrogen (secondary N) is 1. The van der Waals surface area contributed by atoms with Gasteiger partial charge in [0.2, 0.25) is 10.9 Å². The molecule has 5 nitrogen and oxygen atoms in total. The van der Waals surface area contributed by atoms with Crippen LogP contribution in [0.3, 0.4) is 0 Å². The lowest BCUT2D eigenvalue weighted by Gasteiger charge is -2.27. The minimum absolute atomic E-state index is 0.395. The Labute approximate surface area is 74.6 Å². The Kier molecular flexibility index (Phi) is 2.12. The van der Waals surface area contributed by atoms with Gasteiger partial charge in [0.15, 0.2) is 0 Å². The first-order chi connectivity index (χ1) is 6.27. The second-order valence-corrected chi connectivity index (χ2v) is 2.96. The number of anilines is 1. The van der Waals surface area contributed by atoms with Gasteiger partial charge in [0.1, 0.15) is 5.69 Å². The van der Waals surface area contributed by atoms with E-state index in [2.05, 4.69) is 5.43 Å². The van der Waals surface area contributed by atoms with Crippen molar-refractivity contribution in [3.63, 3.8) is 0 Å². The molecule has 1 saturated heterocycles. The number of hydrogen-bond acceptors (Lipinski definition) is 5. The number of rotatable bonds is 2. The summed E-state index contributed by atoms with van der Waals surface area (Å²) in [6.07, 6.45) is 0. The Morgan fingerprint density at radius 3 is 2.54 bits per heavy atom. The van der Waals surface area contributed by atoms with Crippen LogP contribution in [0, 0.1) is 0 Å². The lowest BCUT2D eigenvalue weighted by Crippen LogP contribution is -2.44. The first-order valence-electron chi connectivity index (χ1n) is 4.17. The third-order valence-corrected chi connectivity index (χ3v) is 2.03. The van der Waals surface area contributed by atoms with Gasteiger partial charge in [0.05, 0.1) is 13.2 Å². The van der Waals surface area contributed by atoms with Crippen LogP contribution in [-0.2, 0) is 4.74 Å². The summed E-state index contributed by atoms with van der Waals surface area (Å²) in [6.45, 7) is 2.78. The van der Waals surface area contributed by atoms with Gasteiger partial charge >= 0.3 is 0 Å². The van der Waals surface area contributed by atoms with E-state index in [1.54, 1.807) is 0 Å². The highest BCUT2D eigenvalue weighted by molar-refractivity contribution is 5.46. The molecule has 0 radical (unpaired) electrons. The summed E-state index contributed by atoms with van der Waals surface area (Å²) < 4.78 is 5.13. The summed E-state index contributed by atoms with van der Waals surface area (Å²) >= 11 is 0. The van der Waals surface area contributed by atoms with E-state index in [1.165, 1.54) is 6.07 Å². The quantitative estimate of drug-likeness (QED) is 0.591. The molecule has 0 aliphatic carbocycles. The predicted molar refractivity (Wildman–Crippen MR) is 47.4 cm³/mol. The van der Waals surface area contributed by atoms with Crippen LogP contribution in [0.4, 0.5) is 5.69 Å². The van der Waals surface area contributed by atoms with Crippen LogP contribution >= 0.6 is 0 Å². The third kappa shape index (κ3) is 1.61. The molecule has 13 heavy (non-hydrogen) atoms.